The maximum atomic E-state index is 14.2. The van der Waals surface area contributed by atoms with Crippen LogP contribution in [0.3, 0.4) is 0 Å². The summed E-state index contributed by atoms with van der Waals surface area (Å²) in [6, 6.07) is 16.1. The third kappa shape index (κ3) is 5.54. The zero-order valence-corrected chi connectivity index (χ0v) is 28.6. The first-order valence-electron chi connectivity index (χ1n) is 16.4. The number of H-pyrrole nitrogens is 1. The van der Waals surface area contributed by atoms with E-state index in [-0.39, 0.29) is 23.1 Å². The zero-order chi connectivity index (χ0) is 33.2. The summed E-state index contributed by atoms with van der Waals surface area (Å²) >= 11 is 7.16. The Morgan fingerprint density at radius 3 is 2.47 bits per heavy atom. The van der Waals surface area contributed by atoms with Gasteiger partial charge in [-0.1, -0.05) is 49.7 Å². The van der Waals surface area contributed by atoms with Gasteiger partial charge in [-0.25, -0.2) is 9.59 Å². The highest BCUT2D eigenvalue weighted by Gasteiger charge is 2.48. The Hall–Kier alpha value is -4.37. The number of nitrogens with zero attached hydrogens (tertiary/aromatic N) is 5. The van der Waals surface area contributed by atoms with Crippen molar-refractivity contribution in [2.24, 2.45) is 5.41 Å². The van der Waals surface area contributed by atoms with Crippen LogP contribution in [-0.2, 0) is 4.74 Å². The summed E-state index contributed by atoms with van der Waals surface area (Å²) in [6.45, 7) is 14.8. The molecule has 0 saturated carbocycles. The van der Waals surface area contributed by atoms with Crippen LogP contribution in [0.4, 0.5) is 10.6 Å². The number of piperidine rings is 1. The molecular formula is C37H41ClN6O3. The number of carbonyl (C=O) groups is 1. The van der Waals surface area contributed by atoms with Gasteiger partial charge in [0.15, 0.2) is 0 Å². The van der Waals surface area contributed by atoms with Gasteiger partial charge in [0.1, 0.15) is 11.4 Å². The topological polar surface area (TPSA) is 96.4 Å². The summed E-state index contributed by atoms with van der Waals surface area (Å²) in [5, 5.41) is 9.75. The van der Waals surface area contributed by atoms with Crippen molar-refractivity contribution in [3.8, 4) is 16.8 Å². The first-order valence-corrected chi connectivity index (χ1v) is 16.7. The highest BCUT2D eigenvalue weighted by molar-refractivity contribution is 6.35. The lowest BCUT2D eigenvalue weighted by Crippen LogP contribution is -2.62. The van der Waals surface area contributed by atoms with Gasteiger partial charge in [-0.05, 0) is 87.4 Å². The lowest BCUT2D eigenvalue weighted by molar-refractivity contribution is -0.0434. The fraction of sp³-hybridized carbons (Fsp3) is 0.405. The summed E-state index contributed by atoms with van der Waals surface area (Å²) < 4.78 is 7.33. The molecule has 2 aromatic heterocycles. The molecule has 2 fully saturated rings. The number of para-hydroxylation sites is 1. The van der Waals surface area contributed by atoms with Gasteiger partial charge in [-0.2, -0.15) is 10.1 Å². The van der Waals surface area contributed by atoms with Gasteiger partial charge in [0.05, 0.1) is 22.9 Å². The Kier molecular flexibility index (Phi) is 7.58. The van der Waals surface area contributed by atoms with Crippen molar-refractivity contribution in [2.75, 3.05) is 31.1 Å². The van der Waals surface area contributed by atoms with Crippen molar-refractivity contribution in [1.82, 2.24) is 24.6 Å². The van der Waals surface area contributed by atoms with Crippen molar-refractivity contribution in [3.05, 3.63) is 81.4 Å². The smallest absolute Gasteiger partial charge is 0.410 e. The number of rotatable bonds is 4. The Morgan fingerprint density at radius 2 is 1.77 bits per heavy atom. The number of amides is 1. The molecule has 1 amide bonds. The molecule has 2 aliphatic heterocycles. The Bertz CT molecular complexity index is 2080. The van der Waals surface area contributed by atoms with Crippen LogP contribution < -0.4 is 10.6 Å². The quantitative estimate of drug-likeness (QED) is 0.212. The van der Waals surface area contributed by atoms with Crippen LogP contribution in [0.15, 0.2) is 59.5 Å². The molecule has 0 radical (unpaired) electrons. The molecule has 47 heavy (non-hydrogen) atoms. The van der Waals surface area contributed by atoms with E-state index in [0.717, 1.165) is 75.7 Å². The van der Waals surface area contributed by atoms with E-state index < -0.39 is 5.60 Å². The number of aryl methyl sites for hydroxylation is 1. The van der Waals surface area contributed by atoms with E-state index >= 15 is 0 Å². The number of benzene rings is 3. The van der Waals surface area contributed by atoms with Crippen LogP contribution in [-0.4, -0.2) is 62.5 Å². The van der Waals surface area contributed by atoms with Crippen LogP contribution in [0, 0.1) is 12.3 Å². The Balaban J connectivity index is 1.32. The van der Waals surface area contributed by atoms with Gasteiger partial charge in [0.2, 0.25) is 0 Å². The largest absolute Gasteiger partial charge is 0.444 e. The van der Waals surface area contributed by atoms with Crippen LogP contribution in [0.5, 0.6) is 0 Å². The number of ether oxygens (including phenoxy) is 1. The molecule has 2 saturated heterocycles. The average Bonchev–Trinajstić information content (AvgIpc) is 3.48. The van der Waals surface area contributed by atoms with Gasteiger partial charge >= 0.3 is 11.8 Å². The number of hydrogen-bond donors (Lipinski definition) is 1. The van der Waals surface area contributed by atoms with Gasteiger partial charge in [0.25, 0.3) is 0 Å². The summed E-state index contributed by atoms with van der Waals surface area (Å²) in [5.74, 6) is 0.843. The van der Waals surface area contributed by atoms with Crippen molar-refractivity contribution in [2.45, 2.75) is 65.9 Å². The van der Waals surface area contributed by atoms with Crippen LogP contribution in [0.25, 0.3) is 38.6 Å². The molecule has 4 heterocycles. The predicted octanol–water partition coefficient (Wildman–Crippen LogP) is 7.85. The zero-order valence-electron chi connectivity index (χ0n) is 27.9. The standard InChI is InChI=1S/C37H41ClN6O3/c1-22(2)24-9-7-8-10-30(24)44-31-18-25(32-23(3)11-12-29-27(32)19-39-41-29)28(38)17-26(31)33(40-34(44)45)42-15-13-37(14-16-42)20-43(21-37)35(46)47-36(4,5)6/h7-12,17-19,22H,13-16,20-21H2,1-6H3,(H,39,41). The number of aromatic amines is 1. The maximum absolute atomic E-state index is 14.2. The van der Waals surface area contributed by atoms with Crippen molar-refractivity contribution in [3.63, 3.8) is 0 Å². The van der Waals surface area contributed by atoms with Crippen LogP contribution in [0.1, 0.15) is 64.5 Å². The van der Waals surface area contributed by atoms with Crippen molar-refractivity contribution < 1.29 is 9.53 Å². The third-order valence-electron chi connectivity index (χ3n) is 9.69. The van der Waals surface area contributed by atoms with Crippen molar-refractivity contribution in [1.29, 1.82) is 0 Å². The molecule has 0 atom stereocenters. The third-order valence-corrected chi connectivity index (χ3v) is 10.0. The highest BCUT2D eigenvalue weighted by Crippen LogP contribution is 2.44. The van der Waals surface area contributed by atoms with E-state index in [9.17, 15) is 9.59 Å². The van der Waals surface area contributed by atoms with Crippen LogP contribution >= 0.6 is 11.6 Å². The van der Waals surface area contributed by atoms with Gasteiger partial charge in [0, 0.05) is 53.0 Å². The lowest BCUT2D eigenvalue weighted by atomic mass is 9.72. The van der Waals surface area contributed by atoms with Gasteiger partial charge in [-0.15, -0.1) is 0 Å². The van der Waals surface area contributed by atoms with E-state index in [4.69, 9.17) is 21.3 Å². The molecule has 1 N–H and O–H groups in total. The second-order valence-electron chi connectivity index (χ2n) is 14.5. The van der Waals surface area contributed by atoms with E-state index in [2.05, 4.69) is 48.0 Å². The summed E-state index contributed by atoms with van der Waals surface area (Å²) in [4.78, 5) is 35.6. The summed E-state index contributed by atoms with van der Waals surface area (Å²) in [5.41, 5.74) is 5.65. The minimum Gasteiger partial charge on any atom is -0.444 e. The fourth-order valence-electron chi connectivity index (χ4n) is 7.29. The molecule has 9 nitrogen and oxygen atoms in total. The maximum Gasteiger partial charge on any atom is 0.410 e. The highest BCUT2D eigenvalue weighted by atomic mass is 35.5. The molecule has 2 aliphatic rings. The second-order valence-corrected chi connectivity index (χ2v) is 14.9. The normalized spacial score (nSPS) is 16.3. The number of nitrogens with one attached hydrogen (secondary N) is 1. The van der Waals surface area contributed by atoms with Crippen LogP contribution in [0.2, 0.25) is 5.02 Å². The first-order chi connectivity index (χ1) is 22.3. The molecule has 1 spiro atoms. The number of likely N-dealkylation sites (tertiary alicyclic amines) is 1. The molecule has 10 heteroatoms. The number of hydrogen-bond acceptors (Lipinski definition) is 6. The molecule has 0 aliphatic carbocycles. The molecule has 3 aromatic carbocycles. The minimum atomic E-state index is -0.517. The second kappa shape index (κ2) is 11.4. The first kappa shape index (κ1) is 31.2. The van der Waals surface area contributed by atoms with Gasteiger partial charge in [-0.3, -0.25) is 9.67 Å². The fourth-order valence-corrected chi connectivity index (χ4v) is 7.54. The Morgan fingerprint density at radius 1 is 1.04 bits per heavy atom. The lowest BCUT2D eigenvalue weighted by Gasteiger charge is -2.53. The molecule has 7 rings (SSSR count). The molecule has 0 bridgehead atoms. The summed E-state index contributed by atoms with van der Waals surface area (Å²) in [6.07, 6.45) is 3.35. The van der Waals surface area contributed by atoms with E-state index in [0.29, 0.717) is 23.9 Å². The SMILES string of the molecule is Cc1ccc2[nH]ncc2c1-c1cc2c(cc1Cl)c(N1CCC3(CC1)CN(C(=O)OC(C)(C)C)C3)nc(=O)n2-c1ccccc1C(C)C. The van der Waals surface area contributed by atoms with E-state index in [1.54, 1.807) is 9.47 Å². The van der Waals surface area contributed by atoms with E-state index in [1.165, 1.54) is 0 Å². The number of aromatic nitrogens is 4. The number of halogens is 1. The molecule has 244 valence electrons. The monoisotopic (exact) mass is 652 g/mol. The number of carbonyl (C=O) groups excluding carboxylic acids is 1. The van der Waals surface area contributed by atoms with E-state index in [1.807, 2.05) is 63.4 Å². The predicted molar refractivity (Wildman–Crippen MR) is 188 cm³/mol. The number of fused-ring (bicyclic) bond motifs is 2. The molecule has 0 unspecified atom stereocenters. The molecule has 5 aromatic rings. The number of anilines is 1. The van der Waals surface area contributed by atoms with Crippen molar-refractivity contribution >= 4 is 45.3 Å². The average molecular weight is 653 g/mol. The molecular weight excluding hydrogens is 612 g/mol. The van der Waals surface area contributed by atoms with Gasteiger partial charge < -0.3 is 14.5 Å². The summed E-state index contributed by atoms with van der Waals surface area (Å²) in [7, 11) is 0. The minimum absolute atomic E-state index is 0.0556. The Labute approximate surface area is 279 Å².